The summed E-state index contributed by atoms with van der Waals surface area (Å²) in [6.07, 6.45) is 7.77. The van der Waals surface area contributed by atoms with Crippen molar-refractivity contribution in [2.45, 2.75) is 44.2 Å². The van der Waals surface area contributed by atoms with Crippen LogP contribution in [0.2, 0.25) is 0 Å². The zero-order chi connectivity index (χ0) is 11.0. The minimum atomic E-state index is 0.239. The lowest BCUT2D eigenvalue weighted by molar-refractivity contribution is 0.202. The fourth-order valence-corrected chi connectivity index (χ4v) is 3.00. The van der Waals surface area contributed by atoms with E-state index in [-0.39, 0.29) is 12.6 Å². The molecule has 0 aliphatic carbocycles. The van der Waals surface area contributed by atoms with Crippen molar-refractivity contribution < 1.29 is 5.11 Å². The Hall–Kier alpha value is -0.870. The highest BCUT2D eigenvalue weighted by atomic mass is 16.3. The Balaban J connectivity index is 1.96. The van der Waals surface area contributed by atoms with Gasteiger partial charge in [0.25, 0.3) is 0 Å². The van der Waals surface area contributed by atoms with Gasteiger partial charge in [-0.25, -0.2) is 4.98 Å². The van der Waals surface area contributed by atoms with Crippen molar-refractivity contribution in [3.63, 3.8) is 0 Å². The molecule has 0 aromatic carbocycles. The van der Waals surface area contributed by atoms with Crippen LogP contribution < -0.4 is 5.32 Å². The molecule has 4 nitrogen and oxygen atoms in total. The van der Waals surface area contributed by atoms with Crippen molar-refractivity contribution in [3.8, 4) is 0 Å². The van der Waals surface area contributed by atoms with Crippen molar-refractivity contribution in [1.29, 1.82) is 0 Å². The quantitative estimate of drug-likeness (QED) is 0.788. The zero-order valence-electron chi connectivity index (χ0n) is 9.52. The lowest BCUT2D eigenvalue weighted by atomic mass is 10.0. The Kier molecular flexibility index (Phi) is 2.69. The maximum absolute atomic E-state index is 9.45. The number of aliphatic hydroxyl groups excluding tert-OH is 1. The third-order valence-corrected chi connectivity index (χ3v) is 3.82. The van der Waals surface area contributed by atoms with E-state index in [1.807, 2.05) is 6.20 Å². The summed E-state index contributed by atoms with van der Waals surface area (Å²) < 4.78 is 2.28. The number of nitrogens with one attached hydrogen (secondary N) is 1. The van der Waals surface area contributed by atoms with Gasteiger partial charge in [0.05, 0.1) is 18.7 Å². The largest absolute Gasteiger partial charge is 0.394 e. The lowest BCUT2D eigenvalue weighted by Gasteiger charge is -2.27. The van der Waals surface area contributed by atoms with E-state index in [2.05, 4.69) is 14.9 Å². The maximum atomic E-state index is 9.45. The van der Waals surface area contributed by atoms with E-state index >= 15 is 0 Å². The minimum Gasteiger partial charge on any atom is -0.394 e. The summed E-state index contributed by atoms with van der Waals surface area (Å²) in [6, 6.07) is 0.657. The van der Waals surface area contributed by atoms with E-state index in [9.17, 15) is 5.11 Å². The molecule has 1 aromatic rings. The van der Waals surface area contributed by atoms with Gasteiger partial charge in [-0.05, 0) is 38.6 Å². The number of aromatic nitrogens is 2. The summed E-state index contributed by atoms with van der Waals surface area (Å²) in [7, 11) is 0. The zero-order valence-corrected chi connectivity index (χ0v) is 9.52. The first-order valence-electron chi connectivity index (χ1n) is 6.30. The highest BCUT2D eigenvalue weighted by Crippen LogP contribution is 2.31. The molecule has 16 heavy (non-hydrogen) atoms. The number of aryl methyl sites for hydroxylation is 1. The number of hydrogen-bond donors (Lipinski definition) is 2. The average Bonchev–Trinajstić information content (AvgIpc) is 2.96. The molecule has 0 radical (unpaired) electrons. The highest BCUT2D eigenvalue weighted by molar-refractivity contribution is 5.14. The molecule has 2 N–H and O–H groups in total. The molecule has 0 amide bonds. The van der Waals surface area contributed by atoms with E-state index in [1.54, 1.807) is 0 Å². The van der Waals surface area contributed by atoms with Crippen LogP contribution in [0.3, 0.4) is 0 Å². The second kappa shape index (κ2) is 4.18. The molecule has 88 valence electrons. The van der Waals surface area contributed by atoms with Crippen LogP contribution in [-0.4, -0.2) is 27.8 Å². The van der Waals surface area contributed by atoms with Gasteiger partial charge in [0.1, 0.15) is 5.82 Å². The normalized spacial score (nSPS) is 29.3. The number of fused-ring (bicyclic) bond motifs is 1. The highest BCUT2D eigenvalue weighted by Gasteiger charge is 2.28. The number of imidazole rings is 1. The molecule has 2 unspecified atom stereocenters. The monoisotopic (exact) mass is 221 g/mol. The molecule has 1 aromatic heterocycles. The van der Waals surface area contributed by atoms with E-state index in [0.717, 1.165) is 25.2 Å². The average molecular weight is 221 g/mol. The molecule has 1 fully saturated rings. The second-order valence-corrected chi connectivity index (χ2v) is 4.86. The molecule has 0 spiro atoms. The molecule has 4 heteroatoms. The third-order valence-electron chi connectivity index (χ3n) is 3.82. The summed E-state index contributed by atoms with van der Waals surface area (Å²) >= 11 is 0. The van der Waals surface area contributed by atoms with Crippen molar-refractivity contribution in [3.05, 3.63) is 17.7 Å². The predicted octanol–water partition coefficient (Wildman–Crippen LogP) is 1.18. The van der Waals surface area contributed by atoms with Crippen LogP contribution in [0.4, 0.5) is 0 Å². The van der Waals surface area contributed by atoms with Crippen LogP contribution >= 0.6 is 0 Å². The number of aliphatic hydroxyl groups is 1. The number of hydrogen-bond acceptors (Lipinski definition) is 3. The van der Waals surface area contributed by atoms with E-state index in [4.69, 9.17) is 0 Å². The Morgan fingerprint density at radius 2 is 2.38 bits per heavy atom. The van der Waals surface area contributed by atoms with E-state index in [0.29, 0.717) is 6.04 Å². The first-order chi connectivity index (χ1) is 7.90. The van der Waals surface area contributed by atoms with Gasteiger partial charge in [0.2, 0.25) is 0 Å². The standard InChI is InChI=1S/C12H19N3O/c16-8-10-4-1-3-9-7-14-12(15(9)10)11-5-2-6-13-11/h7,10-11,13,16H,1-6,8H2. The topological polar surface area (TPSA) is 50.1 Å². The molecule has 0 bridgehead atoms. The Labute approximate surface area is 95.7 Å². The summed E-state index contributed by atoms with van der Waals surface area (Å²) in [6.45, 7) is 1.33. The summed E-state index contributed by atoms with van der Waals surface area (Å²) in [5.74, 6) is 1.14. The molecular formula is C12H19N3O. The minimum absolute atomic E-state index is 0.239. The van der Waals surface area contributed by atoms with Gasteiger partial charge < -0.3 is 15.0 Å². The SMILES string of the molecule is OCC1CCCc2cnc(C3CCCN3)n21. The summed E-state index contributed by atoms with van der Waals surface area (Å²) in [4.78, 5) is 4.57. The molecule has 0 saturated carbocycles. The molecular weight excluding hydrogens is 202 g/mol. The van der Waals surface area contributed by atoms with Crippen molar-refractivity contribution in [2.75, 3.05) is 13.2 Å². The van der Waals surface area contributed by atoms with Crippen molar-refractivity contribution in [1.82, 2.24) is 14.9 Å². The lowest BCUT2D eigenvalue weighted by Crippen LogP contribution is -2.26. The van der Waals surface area contributed by atoms with Crippen LogP contribution in [0.5, 0.6) is 0 Å². The smallest absolute Gasteiger partial charge is 0.126 e. The Morgan fingerprint density at radius 3 is 3.12 bits per heavy atom. The Bertz CT molecular complexity index is 368. The summed E-state index contributed by atoms with van der Waals surface area (Å²) in [5.41, 5.74) is 1.30. The van der Waals surface area contributed by atoms with E-state index < -0.39 is 0 Å². The first kappa shape index (κ1) is 10.3. The predicted molar refractivity (Wildman–Crippen MR) is 61.3 cm³/mol. The van der Waals surface area contributed by atoms with Crippen LogP contribution in [0, 0.1) is 0 Å². The number of nitrogens with zero attached hydrogens (tertiary/aromatic N) is 2. The molecule has 2 atom stereocenters. The van der Waals surface area contributed by atoms with Gasteiger partial charge in [-0.2, -0.15) is 0 Å². The third kappa shape index (κ3) is 1.57. The first-order valence-corrected chi connectivity index (χ1v) is 6.30. The fourth-order valence-electron chi connectivity index (χ4n) is 3.00. The van der Waals surface area contributed by atoms with Crippen molar-refractivity contribution in [2.24, 2.45) is 0 Å². The van der Waals surface area contributed by atoms with E-state index in [1.165, 1.54) is 25.0 Å². The van der Waals surface area contributed by atoms with Crippen LogP contribution in [0.25, 0.3) is 0 Å². The second-order valence-electron chi connectivity index (χ2n) is 4.86. The van der Waals surface area contributed by atoms with Gasteiger partial charge in [-0.15, -0.1) is 0 Å². The van der Waals surface area contributed by atoms with Gasteiger partial charge in [0, 0.05) is 11.9 Å². The van der Waals surface area contributed by atoms with Crippen LogP contribution in [-0.2, 0) is 6.42 Å². The molecule has 3 rings (SSSR count). The number of rotatable bonds is 2. The van der Waals surface area contributed by atoms with Crippen LogP contribution in [0.1, 0.15) is 49.3 Å². The fraction of sp³-hybridized carbons (Fsp3) is 0.750. The van der Waals surface area contributed by atoms with Gasteiger partial charge in [-0.1, -0.05) is 0 Å². The van der Waals surface area contributed by atoms with Gasteiger partial charge >= 0.3 is 0 Å². The van der Waals surface area contributed by atoms with Gasteiger partial charge in [-0.3, -0.25) is 0 Å². The molecule has 2 aliphatic heterocycles. The Morgan fingerprint density at radius 1 is 1.44 bits per heavy atom. The maximum Gasteiger partial charge on any atom is 0.126 e. The van der Waals surface area contributed by atoms with Crippen molar-refractivity contribution >= 4 is 0 Å². The van der Waals surface area contributed by atoms with Gasteiger partial charge in [0.15, 0.2) is 0 Å². The molecule has 2 aliphatic rings. The van der Waals surface area contributed by atoms with Crippen LogP contribution in [0.15, 0.2) is 6.20 Å². The molecule has 3 heterocycles. The summed E-state index contributed by atoms with van der Waals surface area (Å²) in [5, 5.41) is 12.9. The molecule has 1 saturated heterocycles.